The van der Waals surface area contributed by atoms with Gasteiger partial charge in [0.25, 0.3) is 5.91 Å². The Labute approximate surface area is 93.7 Å². The SMILES string of the molecule is NC1CCCC(NC(=O)c2cccs2)C1. The highest BCUT2D eigenvalue weighted by molar-refractivity contribution is 7.12. The molecular formula is C11H16N2OS. The van der Waals surface area contributed by atoms with Crippen LogP contribution in [0.1, 0.15) is 35.4 Å². The maximum atomic E-state index is 11.7. The normalized spacial score (nSPS) is 26.2. The van der Waals surface area contributed by atoms with Gasteiger partial charge in [-0.1, -0.05) is 6.07 Å². The summed E-state index contributed by atoms with van der Waals surface area (Å²) in [6, 6.07) is 4.27. The van der Waals surface area contributed by atoms with Crippen molar-refractivity contribution in [2.24, 2.45) is 5.73 Å². The summed E-state index contributed by atoms with van der Waals surface area (Å²) in [5, 5.41) is 4.96. The van der Waals surface area contributed by atoms with E-state index in [9.17, 15) is 4.79 Å². The van der Waals surface area contributed by atoms with Crippen molar-refractivity contribution in [1.82, 2.24) is 5.32 Å². The van der Waals surface area contributed by atoms with Gasteiger partial charge < -0.3 is 11.1 Å². The molecule has 82 valence electrons. The molecular weight excluding hydrogens is 208 g/mol. The molecule has 0 aromatic carbocycles. The van der Waals surface area contributed by atoms with Crippen LogP contribution >= 0.6 is 11.3 Å². The molecule has 1 aromatic rings. The second-order valence-electron chi connectivity index (χ2n) is 4.07. The third-order valence-corrected chi connectivity index (χ3v) is 3.66. The highest BCUT2D eigenvalue weighted by Crippen LogP contribution is 2.18. The molecule has 1 aliphatic carbocycles. The van der Waals surface area contributed by atoms with E-state index < -0.39 is 0 Å². The lowest BCUT2D eigenvalue weighted by molar-refractivity contribution is 0.0930. The first kappa shape index (κ1) is 10.6. The van der Waals surface area contributed by atoms with Gasteiger partial charge in [0.2, 0.25) is 0 Å². The Kier molecular flexibility index (Phi) is 3.38. The molecule has 0 bridgehead atoms. The second kappa shape index (κ2) is 4.77. The minimum Gasteiger partial charge on any atom is -0.349 e. The van der Waals surface area contributed by atoms with Gasteiger partial charge >= 0.3 is 0 Å². The van der Waals surface area contributed by atoms with E-state index in [1.54, 1.807) is 0 Å². The third-order valence-electron chi connectivity index (χ3n) is 2.79. The number of hydrogen-bond donors (Lipinski definition) is 2. The number of rotatable bonds is 2. The van der Waals surface area contributed by atoms with Gasteiger partial charge in [-0.3, -0.25) is 4.79 Å². The Morgan fingerprint density at radius 2 is 2.40 bits per heavy atom. The molecule has 1 heterocycles. The van der Waals surface area contributed by atoms with Crippen LogP contribution in [0.25, 0.3) is 0 Å². The number of amides is 1. The number of nitrogens with one attached hydrogen (secondary N) is 1. The summed E-state index contributed by atoms with van der Waals surface area (Å²) in [5.74, 6) is 0.0455. The molecule has 0 radical (unpaired) electrons. The van der Waals surface area contributed by atoms with Gasteiger partial charge in [-0.05, 0) is 37.1 Å². The smallest absolute Gasteiger partial charge is 0.261 e. The lowest BCUT2D eigenvalue weighted by Gasteiger charge is -2.27. The van der Waals surface area contributed by atoms with Crippen LogP contribution in [0.15, 0.2) is 17.5 Å². The van der Waals surface area contributed by atoms with Crippen molar-refractivity contribution in [3.63, 3.8) is 0 Å². The molecule has 0 saturated heterocycles. The molecule has 1 aliphatic rings. The van der Waals surface area contributed by atoms with Gasteiger partial charge in [0, 0.05) is 12.1 Å². The molecule has 1 saturated carbocycles. The van der Waals surface area contributed by atoms with Crippen LogP contribution in [0, 0.1) is 0 Å². The van der Waals surface area contributed by atoms with E-state index in [4.69, 9.17) is 5.73 Å². The fraction of sp³-hybridized carbons (Fsp3) is 0.545. The largest absolute Gasteiger partial charge is 0.349 e. The van der Waals surface area contributed by atoms with Crippen LogP contribution in [-0.2, 0) is 0 Å². The van der Waals surface area contributed by atoms with Crippen LogP contribution < -0.4 is 11.1 Å². The highest BCUT2D eigenvalue weighted by Gasteiger charge is 2.21. The van der Waals surface area contributed by atoms with Crippen LogP contribution in [-0.4, -0.2) is 18.0 Å². The third kappa shape index (κ3) is 2.79. The summed E-state index contributed by atoms with van der Waals surface area (Å²) < 4.78 is 0. The van der Waals surface area contributed by atoms with Crippen LogP contribution in [0.5, 0.6) is 0 Å². The topological polar surface area (TPSA) is 55.1 Å². The van der Waals surface area contributed by atoms with Crippen molar-refractivity contribution in [1.29, 1.82) is 0 Å². The first-order valence-electron chi connectivity index (χ1n) is 5.35. The standard InChI is InChI=1S/C11H16N2OS/c12-8-3-1-4-9(7-8)13-11(14)10-5-2-6-15-10/h2,5-6,8-9H,1,3-4,7,12H2,(H,13,14). The Morgan fingerprint density at radius 1 is 1.53 bits per heavy atom. The lowest BCUT2D eigenvalue weighted by Crippen LogP contribution is -2.42. The molecule has 0 aliphatic heterocycles. The average molecular weight is 224 g/mol. The van der Waals surface area contributed by atoms with Crippen molar-refractivity contribution >= 4 is 17.2 Å². The van der Waals surface area contributed by atoms with E-state index in [2.05, 4.69) is 5.32 Å². The van der Waals surface area contributed by atoms with Gasteiger partial charge in [0.1, 0.15) is 0 Å². The summed E-state index contributed by atoms with van der Waals surface area (Å²) in [4.78, 5) is 12.5. The van der Waals surface area contributed by atoms with Crippen LogP contribution in [0.3, 0.4) is 0 Å². The van der Waals surface area contributed by atoms with Crippen LogP contribution in [0.2, 0.25) is 0 Å². The van der Waals surface area contributed by atoms with E-state index in [0.717, 1.165) is 30.6 Å². The van der Waals surface area contributed by atoms with E-state index in [0.29, 0.717) is 0 Å². The molecule has 15 heavy (non-hydrogen) atoms. The Morgan fingerprint density at radius 3 is 3.07 bits per heavy atom. The summed E-state index contributed by atoms with van der Waals surface area (Å²) in [5.41, 5.74) is 5.87. The number of thiophene rings is 1. The molecule has 2 rings (SSSR count). The summed E-state index contributed by atoms with van der Waals surface area (Å²) in [6.45, 7) is 0. The van der Waals surface area contributed by atoms with Crippen molar-refractivity contribution in [3.8, 4) is 0 Å². The summed E-state index contributed by atoms with van der Waals surface area (Å²) in [6.07, 6.45) is 4.18. The van der Waals surface area contributed by atoms with Crippen molar-refractivity contribution in [2.45, 2.75) is 37.8 Å². The first-order valence-corrected chi connectivity index (χ1v) is 6.23. The molecule has 3 nitrogen and oxygen atoms in total. The van der Waals surface area contributed by atoms with Crippen molar-refractivity contribution in [3.05, 3.63) is 22.4 Å². The minimum atomic E-state index is 0.0455. The highest BCUT2D eigenvalue weighted by atomic mass is 32.1. The fourth-order valence-electron chi connectivity index (χ4n) is 2.02. The quantitative estimate of drug-likeness (QED) is 0.804. The second-order valence-corrected chi connectivity index (χ2v) is 5.02. The molecule has 3 N–H and O–H groups in total. The summed E-state index contributed by atoms with van der Waals surface area (Å²) >= 11 is 1.48. The minimum absolute atomic E-state index is 0.0455. The van der Waals surface area contributed by atoms with Gasteiger partial charge in [-0.25, -0.2) is 0 Å². The number of hydrogen-bond acceptors (Lipinski definition) is 3. The molecule has 1 amide bonds. The zero-order valence-corrected chi connectivity index (χ0v) is 9.43. The molecule has 2 unspecified atom stereocenters. The molecule has 4 heteroatoms. The predicted octanol–water partition coefficient (Wildman–Crippen LogP) is 1.75. The Hall–Kier alpha value is -0.870. The van der Waals surface area contributed by atoms with E-state index in [1.807, 2.05) is 17.5 Å². The number of carbonyl (C=O) groups is 1. The zero-order valence-electron chi connectivity index (χ0n) is 8.61. The first-order chi connectivity index (χ1) is 7.25. The van der Waals surface area contributed by atoms with E-state index in [1.165, 1.54) is 11.3 Å². The monoisotopic (exact) mass is 224 g/mol. The molecule has 1 aromatic heterocycles. The maximum absolute atomic E-state index is 11.7. The Balaban J connectivity index is 1.89. The van der Waals surface area contributed by atoms with Crippen molar-refractivity contribution < 1.29 is 4.79 Å². The van der Waals surface area contributed by atoms with Gasteiger partial charge in [-0.2, -0.15) is 0 Å². The number of nitrogens with two attached hydrogens (primary N) is 1. The summed E-state index contributed by atoms with van der Waals surface area (Å²) in [7, 11) is 0. The van der Waals surface area contributed by atoms with Crippen LogP contribution in [0.4, 0.5) is 0 Å². The molecule has 1 fully saturated rings. The van der Waals surface area contributed by atoms with E-state index in [-0.39, 0.29) is 18.0 Å². The maximum Gasteiger partial charge on any atom is 0.261 e. The zero-order chi connectivity index (χ0) is 10.7. The fourth-order valence-corrected chi connectivity index (χ4v) is 2.65. The van der Waals surface area contributed by atoms with Gasteiger partial charge in [0.05, 0.1) is 4.88 Å². The average Bonchev–Trinajstić information content (AvgIpc) is 2.70. The Bertz CT molecular complexity index is 323. The molecule has 0 spiro atoms. The van der Waals surface area contributed by atoms with Gasteiger partial charge in [0.15, 0.2) is 0 Å². The van der Waals surface area contributed by atoms with E-state index >= 15 is 0 Å². The number of carbonyl (C=O) groups excluding carboxylic acids is 1. The molecule has 2 atom stereocenters. The lowest BCUT2D eigenvalue weighted by atomic mass is 9.91. The van der Waals surface area contributed by atoms with Crippen molar-refractivity contribution in [2.75, 3.05) is 0 Å². The van der Waals surface area contributed by atoms with Gasteiger partial charge in [-0.15, -0.1) is 11.3 Å². The predicted molar refractivity (Wildman–Crippen MR) is 62.0 cm³/mol.